The minimum absolute atomic E-state index is 0.106. The molecule has 0 radical (unpaired) electrons. The average Bonchev–Trinajstić information content (AvgIpc) is 0.718. The van der Waals surface area contributed by atoms with Gasteiger partial charge in [0.15, 0.2) is 0 Å². The van der Waals surface area contributed by atoms with Crippen molar-refractivity contribution in [3.8, 4) is 134 Å². The van der Waals surface area contributed by atoms with Gasteiger partial charge in [0.25, 0.3) is 0 Å². The van der Waals surface area contributed by atoms with Crippen LogP contribution in [0.5, 0.6) is 0 Å². The SMILES string of the molecule is c1ccc(-c2ccc(-c3ccc4c(c3)B3c5ccccc5-c5ccccc5N3c3ccccc3-4)cc2)cc1.c1ccc(-c2cccc(-c3ccc4c(c3)B3c5ccccc5-c5ccccc5N3c3ccccc3-4)c2)cc1.c1ccc(-c2ccccc2-c2ccc3c(c2)B2c4ccccc4-c4ccccc4N2c2ccccc2-3)cc1. The van der Waals surface area contributed by atoms with Crippen molar-refractivity contribution in [2.24, 2.45) is 0 Å². The van der Waals surface area contributed by atoms with Crippen LogP contribution >= 0.6 is 0 Å². The van der Waals surface area contributed by atoms with Gasteiger partial charge in [-0.15, -0.1) is 0 Å². The average molecular weight is 1440 g/mol. The number of anilines is 6. The molecule has 0 N–H and O–H groups in total. The second kappa shape index (κ2) is 27.8. The van der Waals surface area contributed by atoms with E-state index in [-0.39, 0.29) is 20.5 Å². The van der Waals surface area contributed by atoms with E-state index in [0.717, 1.165) is 0 Å². The number of benzene rings is 18. The molecule has 0 amide bonds. The minimum atomic E-state index is 0.106. The molecule has 0 unspecified atom stereocenters. The molecule has 0 aliphatic carbocycles. The highest BCUT2D eigenvalue weighted by atomic mass is 15.1. The second-order valence-electron chi connectivity index (χ2n) is 30.4. The van der Waals surface area contributed by atoms with Crippen molar-refractivity contribution in [3.05, 3.63) is 437 Å². The van der Waals surface area contributed by atoms with Crippen LogP contribution in [0.15, 0.2) is 437 Å². The van der Waals surface area contributed by atoms with Crippen LogP contribution in [0.25, 0.3) is 134 Å². The highest BCUT2D eigenvalue weighted by Gasteiger charge is 2.46. The fourth-order valence-corrected chi connectivity index (χ4v) is 19.2. The van der Waals surface area contributed by atoms with E-state index < -0.39 is 0 Å². The standard InChI is InChI=1S/3C36H24BN/c1-2-11-25(12-3-1)26-13-10-14-27(23-26)28-21-22-30-32-17-6-9-20-36(32)38-35-19-8-5-16-31(35)29-15-4-7-18-33(29)37(38)34(30)24-28;1-2-10-25(11-3-1)26-18-20-27(21-19-26)28-22-23-30-32-14-6-9-17-36(32)38-35-16-8-5-13-31(35)29-12-4-7-15-33(29)37(38)34(30)24-28;1-2-12-25(13-3-1)27-14-4-5-15-28(27)26-22-23-30-32-18-8-11-21-36(32)38-35-20-10-7-17-31(35)29-16-6-9-19-33(29)37(38)34(30)24-26/h3*1-24H. The molecule has 0 bridgehead atoms. The number of nitrogens with zero attached hydrogens (tertiary/aromatic N) is 3. The van der Waals surface area contributed by atoms with Gasteiger partial charge in [-0.3, -0.25) is 0 Å². The van der Waals surface area contributed by atoms with Crippen LogP contribution in [0, 0.1) is 0 Å². The Morgan fingerprint density at radius 3 is 0.675 bits per heavy atom. The summed E-state index contributed by atoms with van der Waals surface area (Å²) in [6.07, 6.45) is 0. The third-order valence-corrected chi connectivity index (χ3v) is 24.3. The van der Waals surface area contributed by atoms with E-state index in [4.69, 9.17) is 0 Å². The summed E-state index contributed by atoms with van der Waals surface area (Å²) in [6, 6.07) is 160. The lowest BCUT2D eigenvalue weighted by atomic mass is 9.43. The highest BCUT2D eigenvalue weighted by molar-refractivity contribution is 6.94. The predicted octanol–water partition coefficient (Wildman–Crippen LogP) is 23.8. The molecule has 0 atom stereocenters. The number of fused-ring (bicyclic) bond motifs is 33. The summed E-state index contributed by atoms with van der Waals surface area (Å²) in [6.45, 7) is 0.340. The van der Waals surface area contributed by atoms with Crippen LogP contribution in [0.4, 0.5) is 34.1 Å². The van der Waals surface area contributed by atoms with E-state index in [0.29, 0.717) is 0 Å². The first-order valence-corrected chi connectivity index (χ1v) is 39.7. The lowest BCUT2D eigenvalue weighted by molar-refractivity contribution is 1.35. The van der Waals surface area contributed by atoms with Crippen LogP contribution in [0.2, 0.25) is 0 Å². The fraction of sp³-hybridized carbons (Fsp3) is 0. The Kier molecular flexibility index (Phi) is 16.2. The Balaban J connectivity index is 0.000000104. The quantitative estimate of drug-likeness (QED) is 0.154. The van der Waals surface area contributed by atoms with Gasteiger partial charge in [0.2, 0.25) is 0 Å². The molecule has 6 heterocycles. The molecule has 0 saturated carbocycles. The van der Waals surface area contributed by atoms with E-state index in [9.17, 15) is 0 Å². The molecule has 0 saturated heterocycles. The molecule has 18 aromatic carbocycles. The Hall–Kier alpha value is -14.4. The van der Waals surface area contributed by atoms with E-state index in [2.05, 4.69) is 451 Å². The lowest BCUT2D eigenvalue weighted by Crippen LogP contribution is -2.59. The van der Waals surface area contributed by atoms with E-state index >= 15 is 0 Å². The van der Waals surface area contributed by atoms with Crippen LogP contribution in [0.1, 0.15) is 0 Å². The van der Waals surface area contributed by atoms with Gasteiger partial charge >= 0.3 is 20.5 Å². The zero-order valence-corrected chi connectivity index (χ0v) is 62.6. The molecule has 3 nitrogen and oxygen atoms in total. The van der Waals surface area contributed by atoms with Gasteiger partial charge in [-0.1, -0.05) is 394 Å². The van der Waals surface area contributed by atoms with E-state index in [1.165, 1.54) is 200 Å². The van der Waals surface area contributed by atoms with Crippen molar-refractivity contribution in [2.45, 2.75) is 0 Å². The Morgan fingerprint density at radius 1 is 0.114 bits per heavy atom. The Labute approximate surface area is 667 Å². The second-order valence-corrected chi connectivity index (χ2v) is 30.4. The van der Waals surface area contributed by atoms with Crippen molar-refractivity contribution in [2.75, 3.05) is 14.4 Å². The van der Waals surface area contributed by atoms with Gasteiger partial charge < -0.3 is 14.4 Å². The van der Waals surface area contributed by atoms with Crippen LogP contribution in [0.3, 0.4) is 0 Å². The molecule has 18 aromatic rings. The fourth-order valence-electron chi connectivity index (χ4n) is 19.2. The summed E-state index contributed by atoms with van der Waals surface area (Å²) in [5, 5.41) is 0. The monoisotopic (exact) mass is 1440 g/mol. The van der Waals surface area contributed by atoms with Crippen molar-refractivity contribution in [3.63, 3.8) is 0 Å². The molecule has 114 heavy (non-hydrogen) atoms. The summed E-state index contributed by atoms with van der Waals surface area (Å²) in [5.41, 5.74) is 46.4. The van der Waals surface area contributed by atoms with Crippen LogP contribution in [-0.2, 0) is 0 Å². The summed E-state index contributed by atoms with van der Waals surface area (Å²) in [4.78, 5) is 7.67. The number of rotatable bonds is 6. The minimum Gasteiger partial charge on any atom is -0.376 e. The zero-order chi connectivity index (χ0) is 75.2. The molecule has 6 aliphatic rings. The van der Waals surface area contributed by atoms with Gasteiger partial charge in [-0.05, 0) is 175 Å². The van der Waals surface area contributed by atoms with Crippen molar-refractivity contribution >= 4 is 87.4 Å². The molecule has 0 aromatic heterocycles. The van der Waals surface area contributed by atoms with E-state index in [1.54, 1.807) is 0 Å². The summed E-state index contributed by atoms with van der Waals surface area (Å²) >= 11 is 0. The Bertz CT molecular complexity index is 6800. The largest absolute Gasteiger partial charge is 0.376 e. The van der Waals surface area contributed by atoms with Gasteiger partial charge in [0.05, 0.1) is 0 Å². The van der Waals surface area contributed by atoms with Gasteiger partial charge in [-0.2, -0.15) is 0 Å². The number of hydrogen-bond acceptors (Lipinski definition) is 3. The summed E-state index contributed by atoms with van der Waals surface area (Å²) < 4.78 is 0. The zero-order valence-electron chi connectivity index (χ0n) is 62.6. The molecular formula is C108H72B3N3. The topological polar surface area (TPSA) is 9.72 Å². The first-order chi connectivity index (χ1) is 56.6. The van der Waals surface area contributed by atoms with Crippen LogP contribution in [-0.4, -0.2) is 20.5 Å². The summed E-state index contributed by atoms with van der Waals surface area (Å²) in [5.74, 6) is 0. The van der Waals surface area contributed by atoms with Crippen LogP contribution < -0.4 is 47.2 Å². The van der Waals surface area contributed by atoms with Crippen molar-refractivity contribution in [1.29, 1.82) is 0 Å². The van der Waals surface area contributed by atoms with Crippen molar-refractivity contribution in [1.82, 2.24) is 0 Å². The smallest absolute Gasteiger partial charge is 0.329 e. The molecule has 6 heteroatoms. The normalized spacial score (nSPS) is 12.6. The molecular weight excluding hydrogens is 1370 g/mol. The molecule has 528 valence electrons. The number of para-hydroxylation sites is 6. The lowest BCUT2D eigenvalue weighted by Gasteiger charge is -2.43. The predicted molar refractivity (Wildman–Crippen MR) is 485 cm³/mol. The van der Waals surface area contributed by atoms with Gasteiger partial charge in [0, 0.05) is 67.5 Å². The highest BCUT2D eigenvalue weighted by Crippen LogP contribution is 2.51. The Morgan fingerprint density at radius 2 is 0.316 bits per heavy atom. The summed E-state index contributed by atoms with van der Waals surface area (Å²) in [7, 11) is 0. The van der Waals surface area contributed by atoms with Gasteiger partial charge in [-0.25, -0.2) is 0 Å². The third kappa shape index (κ3) is 11.1. The maximum absolute atomic E-state index is 2.56. The van der Waals surface area contributed by atoms with E-state index in [1.807, 2.05) is 0 Å². The molecule has 0 spiro atoms. The first kappa shape index (κ1) is 66.5. The maximum atomic E-state index is 2.56. The number of hydrogen-bond donors (Lipinski definition) is 0. The van der Waals surface area contributed by atoms with Gasteiger partial charge in [0.1, 0.15) is 0 Å². The third-order valence-electron chi connectivity index (χ3n) is 24.3. The maximum Gasteiger partial charge on any atom is 0.329 e. The molecule has 0 fully saturated rings. The van der Waals surface area contributed by atoms with Crippen molar-refractivity contribution < 1.29 is 0 Å². The molecule has 6 aliphatic heterocycles. The molecule has 24 rings (SSSR count). The first-order valence-electron chi connectivity index (χ1n) is 39.7.